The molecule has 0 aliphatic carbocycles. The van der Waals surface area contributed by atoms with E-state index in [1.807, 2.05) is 34.6 Å². The molecule has 1 heterocycles. The Hall–Kier alpha value is -0.880. The van der Waals surface area contributed by atoms with Crippen molar-refractivity contribution in [1.29, 1.82) is 0 Å². The van der Waals surface area contributed by atoms with Gasteiger partial charge in [0.1, 0.15) is 5.82 Å². The Labute approximate surface area is 116 Å². The van der Waals surface area contributed by atoms with Gasteiger partial charge in [0.15, 0.2) is 5.03 Å². The molecule has 1 aromatic heterocycles. The van der Waals surface area contributed by atoms with Crippen LogP contribution in [0.5, 0.6) is 0 Å². The first-order valence-corrected chi connectivity index (χ1v) is 7.91. The molecule has 110 valence electrons. The van der Waals surface area contributed by atoms with Crippen LogP contribution >= 0.6 is 0 Å². The number of aromatic nitrogens is 2. The highest BCUT2D eigenvalue weighted by molar-refractivity contribution is 7.89. The lowest BCUT2D eigenvalue weighted by atomic mass is 9.97. The van der Waals surface area contributed by atoms with Crippen molar-refractivity contribution in [2.75, 3.05) is 6.54 Å². The van der Waals surface area contributed by atoms with Crippen molar-refractivity contribution >= 4 is 10.0 Å². The van der Waals surface area contributed by atoms with Crippen molar-refractivity contribution in [1.82, 2.24) is 13.9 Å². The summed E-state index contributed by atoms with van der Waals surface area (Å²) in [7, 11) is -1.74. The maximum absolute atomic E-state index is 12.7. The molecule has 0 aliphatic rings. The third-order valence-electron chi connectivity index (χ3n) is 2.87. The van der Waals surface area contributed by atoms with Gasteiger partial charge in [0, 0.05) is 25.8 Å². The van der Waals surface area contributed by atoms with Crippen molar-refractivity contribution in [2.24, 2.45) is 12.5 Å². The summed E-state index contributed by atoms with van der Waals surface area (Å²) in [5.74, 6) is 0.693. The van der Waals surface area contributed by atoms with E-state index in [-0.39, 0.29) is 16.5 Å². The average molecular weight is 287 g/mol. The highest BCUT2D eigenvalue weighted by Gasteiger charge is 2.32. The summed E-state index contributed by atoms with van der Waals surface area (Å²) in [6.45, 7) is 12.1. The minimum atomic E-state index is -3.53. The third kappa shape index (κ3) is 3.79. The van der Waals surface area contributed by atoms with Gasteiger partial charge >= 0.3 is 0 Å². The highest BCUT2D eigenvalue weighted by atomic mass is 32.2. The van der Waals surface area contributed by atoms with Gasteiger partial charge in [0.25, 0.3) is 10.0 Å². The fourth-order valence-corrected chi connectivity index (χ4v) is 3.67. The van der Waals surface area contributed by atoms with Gasteiger partial charge in [0.05, 0.1) is 0 Å². The number of hydrogen-bond acceptors (Lipinski definition) is 3. The molecule has 0 unspecified atom stereocenters. The minimum Gasteiger partial charge on any atom is -0.337 e. The first-order valence-electron chi connectivity index (χ1n) is 6.47. The van der Waals surface area contributed by atoms with Gasteiger partial charge in [-0.05, 0) is 26.2 Å². The summed E-state index contributed by atoms with van der Waals surface area (Å²) >= 11 is 0. The van der Waals surface area contributed by atoms with E-state index in [4.69, 9.17) is 0 Å². The summed E-state index contributed by atoms with van der Waals surface area (Å²) in [5, 5.41) is 0.130. The Balaban J connectivity index is 3.21. The Morgan fingerprint density at radius 2 is 1.89 bits per heavy atom. The fraction of sp³-hybridized carbons (Fsp3) is 0.769. The van der Waals surface area contributed by atoms with Gasteiger partial charge in [-0.15, -0.1) is 0 Å². The lowest BCUT2D eigenvalue weighted by Crippen LogP contribution is -2.42. The van der Waals surface area contributed by atoms with Crippen LogP contribution < -0.4 is 0 Å². The van der Waals surface area contributed by atoms with E-state index in [1.165, 1.54) is 4.31 Å². The number of imidazole rings is 1. The number of aryl methyl sites for hydroxylation is 2. The van der Waals surface area contributed by atoms with Crippen molar-refractivity contribution in [2.45, 2.75) is 52.6 Å². The van der Waals surface area contributed by atoms with Crippen molar-refractivity contribution in [3.8, 4) is 0 Å². The zero-order valence-corrected chi connectivity index (χ0v) is 13.7. The minimum absolute atomic E-state index is 0.0912. The van der Waals surface area contributed by atoms with E-state index in [9.17, 15) is 8.42 Å². The lowest BCUT2D eigenvalue weighted by molar-refractivity contribution is 0.250. The predicted molar refractivity (Wildman–Crippen MR) is 76.4 cm³/mol. The molecule has 0 saturated heterocycles. The van der Waals surface area contributed by atoms with E-state index in [2.05, 4.69) is 4.98 Å². The molecule has 0 saturated carbocycles. The van der Waals surface area contributed by atoms with Gasteiger partial charge in [-0.2, -0.15) is 4.31 Å². The van der Waals surface area contributed by atoms with Gasteiger partial charge in [-0.3, -0.25) is 0 Å². The summed E-state index contributed by atoms with van der Waals surface area (Å²) in [6, 6.07) is -0.0912. The molecular formula is C13H25N3O2S. The molecule has 6 heteroatoms. The van der Waals surface area contributed by atoms with Crippen molar-refractivity contribution < 1.29 is 8.42 Å². The zero-order chi connectivity index (χ0) is 15.0. The summed E-state index contributed by atoms with van der Waals surface area (Å²) in [6.07, 6.45) is 1.57. The predicted octanol–water partition coefficient (Wildman–Crippen LogP) is 2.17. The number of rotatable bonds is 4. The standard InChI is InChI=1S/C13H25N3O2S/c1-10(2)16(9-13(4,5)6)19(17,18)12-8-15(7)11(3)14-12/h8,10H,9H2,1-7H3. The summed E-state index contributed by atoms with van der Waals surface area (Å²) < 4.78 is 28.6. The molecule has 0 spiro atoms. The third-order valence-corrected chi connectivity index (χ3v) is 4.76. The molecule has 0 aromatic carbocycles. The molecule has 0 bridgehead atoms. The van der Waals surface area contributed by atoms with Crippen LogP contribution in [0.4, 0.5) is 0 Å². The Kier molecular flexibility index (Phi) is 4.47. The molecule has 5 nitrogen and oxygen atoms in total. The van der Waals surface area contributed by atoms with Crippen LogP contribution in [0.15, 0.2) is 11.2 Å². The molecule has 0 radical (unpaired) electrons. The first-order chi connectivity index (χ1) is 8.45. The molecule has 0 N–H and O–H groups in total. The Morgan fingerprint density at radius 3 is 2.21 bits per heavy atom. The second-order valence-corrected chi connectivity index (χ2v) is 8.28. The molecule has 1 rings (SSSR count). The van der Waals surface area contributed by atoms with Crippen LogP contribution in [0, 0.1) is 12.3 Å². The zero-order valence-electron chi connectivity index (χ0n) is 12.9. The van der Waals surface area contributed by atoms with Crippen LogP contribution in [0.25, 0.3) is 0 Å². The van der Waals surface area contributed by atoms with E-state index in [0.717, 1.165) is 0 Å². The Bertz CT molecular complexity index is 519. The molecular weight excluding hydrogens is 262 g/mol. The van der Waals surface area contributed by atoms with Crippen LogP contribution in [-0.2, 0) is 17.1 Å². The Morgan fingerprint density at radius 1 is 1.37 bits per heavy atom. The fourth-order valence-electron chi connectivity index (χ4n) is 1.78. The van der Waals surface area contributed by atoms with Crippen LogP contribution in [0.2, 0.25) is 0 Å². The van der Waals surface area contributed by atoms with E-state index in [1.54, 1.807) is 24.7 Å². The van der Waals surface area contributed by atoms with Gasteiger partial charge in [0.2, 0.25) is 0 Å². The number of nitrogens with zero attached hydrogens (tertiary/aromatic N) is 3. The quantitative estimate of drug-likeness (QED) is 0.853. The average Bonchev–Trinajstić information content (AvgIpc) is 2.55. The molecule has 0 aliphatic heterocycles. The van der Waals surface area contributed by atoms with E-state index < -0.39 is 10.0 Å². The normalized spacial score (nSPS) is 13.5. The van der Waals surface area contributed by atoms with Crippen molar-refractivity contribution in [3.05, 3.63) is 12.0 Å². The second-order valence-electron chi connectivity index (χ2n) is 6.44. The molecule has 1 aromatic rings. The van der Waals surface area contributed by atoms with Gasteiger partial charge in [-0.25, -0.2) is 13.4 Å². The highest BCUT2D eigenvalue weighted by Crippen LogP contribution is 2.23. The maximum Gasteiger partial charge on any atom is 0.262 e. The lowest BCUT2D eigenvalue weighted by Gasteiger charge is -2.31. The molecule has 0 fully saturated rings. The SMILES string of the molecule is Cc1nc(S(=O)(=O)N(CC(C)(C)C)C(C)C)cn1C. The monoisotopic (exact) mass is 287 g/mol. The second kappa shape index (κ2) is 5.25. The number of hydrogen-bond donors (Lipinski definition) is 0. The largest absolute Gasteiger partial charge is 0.337 e. The van der Waals surface area contributed by atoms with Crippen molar-refractivity contribution in [3.63, 3.8) is 0 Å². The summed E-state index contributed by atoms with van der Waals surface area (Å²) in [4.78, 5) is 4.15. The van der Waals surface area contributed by atoms with E-state index in [0.29, 0.717) is 12.4 Å². The van der Waals surface area contributed by atoms with Crippen LogP contribution in [0.3, 0.4) is 0 Å². The van der Waals surface area contributed by atoms with Gasteiger partial charge < -0.3 is 4.57 Å². The smallest absolute Gasteiger partial charge is 0.262 e. The topological polar surface area (TPSA) is 55.2 Å². The van der Waals surface area contributed by atoms with Crippen LogP contribution in [0.1, 0.15) is 40.4 Å². The van der Waals surface area contributed by atoms with Crippen LogP contribution in [-0.4, -0.2) is 34.9 Å². The molecule has 0 atom stereocenters. The summed E-state index contributed by atoms with van der Waals surface area (Å²) in [5.41, 5.74) is -0.0961. The van der Waals surface area contributed by atoms with Gasteiger partial charge in [-0.1, -0.05) is 20.8 Å². The molecule has 19 heavy (non-hydrogen) atoms. The first kappa shape index (κ1) is 16.2. The molecule has 0 amide bonds. The maximum atomic E-state index is 12.7. The van der Waals surface area contributed by atoms with E-state index >= 15 is 0 Å². The number of sulfonamides is 1.